The van der Waals surface area contributed by atoms with Crippen molar-refractivity contribution < 1.29 is 14.5 Å². The van der Waals surface area contributed by atoms with Gasteiger partial charge in [-0.2, -0.15) is 0 Å². The van der Waals surface area contributed by atoms with E-state index in [1.54, 1.807) is 6.92 Å². The largest absolute Gasteiger partial charge is 0.299 e. The number of nitro benzene ring substituents is 1. The van der Waals surface area contributed by atoms with Gasteiger partial charge in [0.2, 0.25) is 0 Å². The molecule has 1 aromatic carbocycles. The minimum atomic E-state index is -0.927. The van der Waals surface area contributed by atoms with Crippen LogP contribution in [0.15, 0.2) is 48.6 Å². The molecule has 1 aliphatic carbocycles. The number of nitrogens with zero attached hydrogens (tertiary/aromatic N) is 1. The lowest BCUT2D eigenvalue weighted by Crippen LogP contribution is -2.42. The molecule has 0 saturated heterocycles. The van der Waals surface area contributed by atoms with E-state index >= 15 is 0 Å². The zero-order valence-corrected chi connectivity index (χ0v) is 14.0. The Bertz CT molecular complexity index is 717. The molecule has 0 bridgehead atoms. The number of Topliss-reactive ketones (excluding diaryl/α,β-unsaturated/α-hetero) is 2. The predicted molar refractivity (Wildman–Crippen MR) is 91.8 cm³/mol. The molecular weight excluding hydrogens is 306 g/mol. The first-order chi connectivity index (χ1) is 11.3. The summed E-state index contributed by atoms with van der Waals surface area (Å²) in [6, 6.07) is 5.39. The Labute approximate surface area is 141 Å². The van der Waals surface area contributed by atoms with Gasteiger partial charge in [-0.3, -0.25) is 19.7 Å². The van der Waals surface area contributed by atoms with E-state index in [1.807, 2.05) is 19.1 Å². The maximum absolute atomic E-state index is 12.8. The SMILES string of the molecule is C=C(C(=O)c1ccc([N+](=O)[O-])cc1)C1(C)C(=O)CCCC1/C=C/C. The molecule has 0 radical (unpaired) electrons. The van der Waals surface area contributed by atoms with Gasteiger partial charge in [-0.15, -0.1) is 0 Å². The van der Waals surface area contributed by atoms with E-state index < -0.39 is 10.3 Å². The van der Waals surface area contributed by atoms with Crippen molar-refractivity contribution in [1.82, 2.24) is 0 Å². The topological polar surface area (TPSA) is 77.3 Å². The Morgan fingerprint density at radius 1 is 1.38 bits per heavy atom. The Balaban J connectivity index is 2.35. The monoisotopic (exact) mass is 327 g/mol. The Hall–Kier alpha value is -2.56. The molecule has 2 atom stereocenters. The van der Waals surface area contributed by atoms with Crippen LogP contribution >= 0.6 is 0 Å². The van der Waals surface area contributed by atoms with Crippen LogP contribution in [-0.4, -0.2) is 16.5 Å². The van der Waals surface area contributed by atoms with Crippen molar-refractivity contribution in [1.29, 1.82) is 0 Å². The van der Waals surface area contributed by atoms with Gasteiger partial charge in [0, 0.05) is 29.7 Å². The summed E-state index contributed by atoms with van der Waals surface area (Å²) in [6.07, 6.45) is 5.94. The minimum absolute atomic E-state index is 0.0251. The molecule has 0 N–H and O–H groups in total. The Kier molecular flexibility index (Phi) is 5.12. The summed E-state index contributed by atoms with van der Waals surface area (Å²) >= 11 is 0. The molecule has 24 heavy (non-hydrogen) atoms. The highest BCUT2D eigenvalue weighted by Gasteiger charge is 2.46. The van der Waals surface area contributed by atoms with E-state index in [1.165, 1.54) is 24.3 Å². The summed E-state index contributed by atoms with van der Waals surface area (Å²) in [7, 11) is 0. The van der Waals surface area contributed by atoms with Gasteiger partial charge >= 0.3 is 0 Å². The first-order valence-electron chi connectivity index (χ1n) is 7.97. The Morgan fingerprint density at radius 3 is 2.54 bits per heavy atom. The smallest absolute Gasteiger partial charge is 0.269 e. The van der Waals surface area contributed by atoms with Crippen molar-refractivity contribution in [2.24, 2.45) is 11.3 Å². The van der Waals surface area contributed by atoms with Crippen LogP contribution < -0.4 is 0 Å². The average Bonchev–Trinajstić information content (AvgIpc) is 2.58. The van der Waals surface area contributed by atoms with Crippen molar-refractivity contribution in [2.75, 3.05) is 0 Å². The van der Waals surface area contributed by atoms with Crippen LogP contribution in [0.3, 0.4) is 0 Å². The fraction of sp³-hybridized carbons (Fsp3) is 0.368. The molecule has 1 aromatic rings. The number of allylic oxidation sites excluding steroid dienone is 3. The first kappa shape index (κ1) is 17.8. The molecule has 2 unspecified atom stereocenters. The quantitative estimate of drug-likeness (QED) is 0.266. The number of hydrogen-bond donors (Lipinski definition) is 0. The third kappa shape index (κ3) is 3.07. The van der Waals surface area contributed by atoms with Gasteiger partial charge < -0.3 is 0 Å². The fourth-order valence-corrected chi connectivity index (χ4v) is 3.30. The molecule has 2 rings (SSSR count). The number of hydrogen-bond acceptors (Lipinski definition) is 4. The third-order valence-electron chi connectivity index (χ3n) is 4.91. The summed E-state index contributed by atoms with van der Waals surface area (Å²) in [5, 5.41) is 10.7. The van der Waals surface area contributed by atoms with Gasteiger partial charge in [0.05, 0.1) is 10.3 Å². The van der Waals surface area contributed by atoms with Crippen LogP contribution in [-0.2, 0) is 4.79 Å². The van der Waals surface area contributed by atoms with Crippen molar-refractivity contribution in [3.8, 4) is 0 Å². The Morgan fingerprint density at radius 2 is 2.00 bits per heavy atom. The van der Waals surface area contributed by atoms with Gasteiger partial charge in [0.25, 0.3) is 5.69 Å². The molecule has 0 heterocycles. The van der Waals surface area contributed by atoms with Gasteiger partial charge in [-0.25, -0.2) is 0 Å². The number of carbonyl (C=O) groups is 2. The van der Waals surface area contributed by atoms with Gasteiger partial charge in [-0.05, 0) is 44.7 Å². The lowest BCUT2D eigenvalue weighted by molar-refractivity contribution is -0.384. The normalized spacial score (nSPS) is 24.1. The number of benzene rings is 1. The number of non-ortho nitro benzene ring substituents is 1. The zero-order valence-electron chi connectivity index (χ0n) is 14.0. The number of carbonyl (C=O) groups excluding carboxylic acids is 2. The van der Waals surface area contributed by atoms with Crippen LogP contribution in [0.5, 0.6) is 0 Å². The third-order valence-corrected chi connectivity index (χ3v) is 4.91. The predicted octanol–water partition coefficient (Wildman–Crippen LogP) is 4.29. The van der Waals surface area contributed by atoms with E-state index in [0.717, 1.165) is 12.8 Å². The number of ketones is 2. The van der Waals surface area contributed by atoms with Crippen LogP contribution in [0.4, 0.5) is 5.69 Å². The first-order valence-corrected chi connectivity index (χ1v) is 7.97. The second-order valence-corrected chi connectivity index (χ2v) is 6.26. The minimum Gasteiger partial charge on any atom is -0.299 e. The highest BCUT2D eigenvalue weighted by atomic mass is 16.6. The molecule has 0 amide bonds. The van der Waals surface area contributed by atoms with Crippen molar-refractivity contribution >= 4 is 17.3 Å². The van der Waals surface area contributed by atoms with Crippen molar-refractivity contribution in [3.63, 3.8) is 0 Å². The average molecular weight is 327 g/mol. The summed E-state index contributed by atoms with van der Waals surface area (Å²) in [5.74, 6) is -0.368. The van der Waals surface area contributed by atoms with E-state index in [2.05, 4.69) is 6.58 Å². The zero-order chi connectivity index (χ0) is 17.9. The molecule has 5 nitrogen and oxygen atoms in total. The lowest BCUT2D eigenvalue weighted by Gasteiger charge is -2.39. The highest BCUT2D eigenvalue weighted by molar-refractivity contribution is 6.13. The van der Waals surface area contributed by atoms with Gasteiger partial charge in [-0.1, -0.05) is 18.7 Å². The van der Waals surface area contributed by atoms with E-state index in [0.29, 0.717) is 12.0 Å². The molecule has 1 fully saturated rings. The number of rotatable bonds is 5. The second kappa shape index (κ2) is 6.91. The van der Waals surface area contributed by atoms with Crippen LogP contribution in [0.1, 0.15) is 43.5 Å². The van der Waals surface area contributed by atoms with Crippen molar-refractivity contribution in [3.05, 3.63) is 64.2 Å². The van der Waals surface area contributed by atoms with E-state index in [-0.39, 0.29) is 28.7 Å². The summed E-state index contributed by atoms with van der Waals surface area (Å²) in [6.45, 7) is 7.60. The molecular formula is C19H21NO4. The van der Waals surface area contributed by atoms with Gasteiger partial charge in [0.1, 0.15) is 5.78 Å². The maximum atomic E-state index is 12.8. The molecule has 0 spiro atoms. The van der Waals surface area contributed by atoms with E-state index in [4.69, 9.17) is 0 Å². The maximum Gasteiger partial charge on any atom is 0.269 e. The molecule has 126 valence electrons. The molecule has 5 heteroatoms. The summed E-state index contributed by atoms with van der Waals surface area (Å²) in [4.78, 5) is 35.6. The fourth-order valence-electron chi connectivity index (χ4n) is 3.30. The van der Waals surface area contributed by atoms with Crippen LogP contribution in [0.2, 0.25) is 0 Å². The standard InChI is InChI=1S/C19H21NO4/c1-4-6-15-7-5-8-17(21)19(15,3)13(2)18(22)14-9-11-16(12-10-14)20(23)24/h4,6,9-12,15H,2,5,7-8H2,1,3H3/b6-4+. The molecule has 0 aliphatic heterocycles. The second-order valence-electron chi connectivity index (χ2n) is 6.26. The lowest BCUT2D eigenvalue weighted by atomic mass is 9.61. The molecule has 0 aromatic heterocycles. The van der Waals surface area contributed by atoms with E-state index in [9.17, 15) is 19.7 Å². The molecule has 1 aliphatic rings. The molecule has 1 saturated carbocycles. The number of nitro groups is 1. The highest BCUT2D eigenvalue weighted by Crippen LogP contribution is 2.45. The van der Waals surface area contributed by atoms with Crippen LogP contribution in [0, 0.1) is 21.4 Å². The van der Waals surface area contributed by atoms with Gasteiger partial charge in [0.15, 0.2) is 5.78 Å². The summed E-state index contributed by atoms with van der Waals surface area (Å²) < 4.78 is 0. The van der Waals surface area contributed by atoms with Crippen molar-refractivity contribution in [2.45, 2.75) is 33.1 Å². The van der Waals surface area contributed by atoms with Crippen LogP contribution in [0.25, 0.3) is 0 Å². The summed E-state index contributed by atoms with van der Waals surface area (Å²) in [5.41, 5.74) is -0.443.